The van der Waals surface area contributed by atoms with Gasteiger partial charge in [0.05, 0.1) is 0 Å². The zero-order valence-electron chi connectivity index (χ0n) is 21.6. The third-order valence-electron chi connectivity index (χ3n) is 6.94. The third kappa shape index (κ3) is 7.01. The zero-order valence-corrected chi connectivity index (χ0v) is 22.6. The van der Waals surface area contributed by atoms with Crippen molar-refractivity contribution in [3.8, 4) is 0 Å². The molecule has 0 aliphatic carbocycles. The molecule has 0 unspecified atom stereocenters. The molecule has 0 amide bonds. The molecule has 0 saturated heterocycles. The van der Waals surface area contributed by atoms with Crippen LogP contribution in [0, 0.1) is 0 Å². The average molecular weight is 501 g/mol. The van der Waals surface area contributed by atoms with Gasteiger partial charge in [0.2, 0.25) is 11.4 Å². The summed E-state index contributed by atoms with van der Waals surface area (Å²) < 4.78 is 1.45. The van der Waals surface area contributed by atoms with E-state index in [-0.39, 0.29) is 16.5 Å². The smallest absolute Gasteiger partial charge is 0.211 e. The number of hydrogen-bond donors (Lipinski definition) is 0. The van der Waals surface area contributed by atoms with Crippen molar-refractivity contribution < 1.29 is 21.2 Å². The Kier molecular flexibility index (Phi) is 12.0. The molecular formula is C31H42N2Ni. The summed E-state index contributed by atoms with van der Waals surface area (Å²) in [5.74, 6) is 0. The molecule has 0 bridgehead atoms. The van der Waals surface area contributed by atoms with Crippen LogP contribution in [0.3, 0.4) is 0 Å². The normalized spacial score (nSPS) is 13.6. The molecule has 3 heteroatoms. The minimum Gasteiger partial charge on any atom is -0.493 e. The minimum absolute atomic E-state index is 0. The summed E-state index contributed by atoms with van der Waals surface area (Å²) in [5, 5.41) is 0. The van der Waals surface area contributed by atoms with E-state index in [4.69, 9.17) is 0 Å². The van der Waals surface area contributed by atoms with Crippen LogP contribution in [-0.4, -0.2) is 4.70 Å². The number of allylic oxidation sites excluding steroid dienone is 2. The summed E-state index contributed by atoms with van der Waals surface area (Å²) >= 11 is 0. The van der Waals surface area contributed by atoms with Crippen LogP contribution in [-0.2, 0) is 29.3 Å². The van der Waals surface area contributed by atoms with Gasteiger partial charge in [-0.25, -0.2) is 4.70 Å². The van der Waals surface area contributed by atoms with E-state index in [0.717, 1.165) is 41.8 Å². The van der Waals surface area contributed by atoms with Crippen LogP contribution in [0.1, 0.15) is 108 Å². The van der Waals surface area contributed by atoms with Crippen LogP contribution >= 0.6 is 0 Å². The van der Waals surface area contributed by atoms with E-state index in [1.807, 2.05) is 0 Å². The summed E-state index contributed by atoms with van der Waals surface area (Å²) in [5.41, 5.74) is 20.6. The van der Waals surface area contributed by atoms with Gasteiger partial charge >= 0.3 is 0 Å². The van der Waals surface area contributed by atoms with Gasteiger partial charge in [0.1, 0.15) is 0 Å². The molecule has 2 aromatic rings. The summed E-state index contributed by atoms with van der Waals surface area (Å²) in [7, 11) is 0. The molecule has 1 aliphatic rings. The topological polar surface area (TPSA) is 25.3 Å². The van der Waals surface area contributed by atoms with Gasteiger partial charge in [0.25, 0.3) is 0 Å². The van der Waals surface area contributed by atoms with Crippen LogP contribution in [0.2, 0.25) is 0 Å². The maximum atomic E-state index is 11.4. The molecule has 186 valence electrons. The fourth-order valence-corrected chi connectivity index (χ4v) is 5.00. The van der Waals surface area contributed by atoms with Crippen LogP contribution < -0.4 is 0 Å². The van der Waals surface area contributed by atoms with Crippen molar-refractivity contribution in [1.82, 2.24) is 0 Å². The fraction of sp³-hybridized carbons (Fsp3) is 0.484. The maximum absolute atomic E-state index is 11.4. The molecule has 2 aromatic carbocycles. The number of rotatable bonds is 13. The molecule has 0 fully saturated rings. The molecule has 0 radical (unpaired) electrons. The van der Waals surface area contributed by atoms with E-state index in [9.17, 15) is 5.53 Å². The second-order valence-corrected chi connectivity index (χ2v) is 9.48. The monoisotopic (exact) mass is 500 g/mol. The number of nitrogens with zero attached hydrogens (tertiary/aromatic N) is 2. The van der Waals surface area contributed by atoms with Gasteiger partial charge in [-0.1, -0.05) is 83.6 Å². The van der Waals surface area contributed by atoms with Crippen molar-refractivity contribution in [2.45, 2.75) is 98.3 Å². The standard InChI is InChI=1S/C31H42N2.Ni/c1-5-8-10-12-15-25-19-21-27(22-20-25)31-29(7-3)24(4)30(33(31)32)28-18-14-17-26(23-28)16-13-11-9-6-2;/h14,17-23H,5-13,15-16H2,1-4H3;. The molecule has 34 heavy (non-hydrogen) atoms. The average Bonchev–Trinajstić information content (AvgIpc) is 3.09. The van der Waals surface area contributed by atoms with Crippen LogP contribution in [0.4, 0.5) is 0 Å². The van der Waals surface area contributed by atoms with Crippen molar-refractivity contribution in [2.75, 3.05) is 0 Å². The number of unbranched alkanes of at least 4 members (excludes halogenated alkanes) is 6. The summed E-state index contributed by atoms with van der Waals surface area (Å²) in [6, 6.07) is 17.6. The summed E-state index contributed by atoms with van der Waals surface area (Å²) in [6.07, 6.45) is 13.4. The van der Waals surface area contributed by atoms with E-state index in [1.165, 1.54) is 78.3 Å². The second kappa shape index (κ2) is 14.4. The molecule has 3 rings (SSSR count). The van der Waals surface area contributed by atoms with Gasteiger partial charge in [-0.3, -0.25) is 0 Å². The van der Waals surface area contributed by atoms with E-state index < -0.39 is 0 Å². The van der Waals surface area contributed by atoms with Gasteiger partial charge in [-0.2, -0.15) is 0 Å². The SMILES string of the molecule is CCCCCCc1ccc(C2=C(CC)C(C)=C(c3cccc(CCCCCC)c3)[N+]2=[N-])cc1.[Ni]. The number of aryl methyl sites for hydroxylation is 2. The first-order valence-corrected chi connectivity index (χ1v) is 13.2. The largest absolute Gasteiger partial charge is 0.493 e. The maximum Gasteiger partial charge on any atom is 0.211 e. The molecule has 0 aromatic heterocycles. The number of benzene rings is 2. The van der Waals surface area contributed by atoms with E-state index in [2.05, 4.69) is 76.2 Å². The predicted octanol–water partition coefficient (Wildman–Crippen LogP) is 9.53. The van der Waals surface area contributed by atoms with E-state index in [0.29, 0.717) is 0 Å². The molecule has 1 aliphatic heterocycles. The van der Waals surface area contributed by atoms with Crippen molar-refractivity contribution in [2.24, 2.45) is 0 Å². The Balaban J connectivity index is 0.00000408. The molecule has 0 saturated carbocycles. The second-order valence-electron chi connectivity index (χ2n) is 9.48. The van der Waals surface area contributed by atoms with Crippen molar-refractivity contribution >= 4 is 11.4 Å². The van der Waals surface area contributed by atoms with Crippen molar-refractivity contribution in [3.05, 3.63) is 87.5 Å². The first kappa shape index (κ1) is 28.3. The van der Waals surface area contributed by atoms with Gasteiger partial charge in [0, 0.05) is 38.8 Å². The third-order valence-corrected chi connectivity index (χ3v) is 6.94. The van der Waals surface area contributed by atoms with Gasteiger partial charge < -0.3 is 5.53 Å². The van der Waals surface area contributed by atoms with Gasteiger partial charge in [-0.05, 0) is 74.4 Å². The Morgan fingerprint density at radius 3 is 1.88 bits per heavy atom. The first-order valence-electron chi connectivity index (χ1n) is 13.2. The molecular weight excluding hydrogens is 459 g/mol. The molecule has 2 nitrogen and oxygen atoms in total. The van der Waals surface area contributed by atoms with Gasteiger partial charge in [0.15, 0.2) is 0 Å². The fourth-order valence-electron chi connectivity index (χ4n) is 5.00. The van der Waals surface area contributed by atoms with Crippen molar-refractivity contribution in [3.63, 3.8) is 0 Å². The van der Waals surface area contributed by atoms with Crippen LogP contribution in [0.25, 0.3) is 16.9 Å². The minimum atomic E-state index is 0. The first-order chi connectivity index (χ1) is 16.1. The molecule has 0 atom stereocenters. The Hall–Kier alpha value is -1.99. The Morgan fingerprint density at radius 2 is 1.29 bits per heavy atom. The predicted molar refractivity (Wildman–Crippen MR) is 142 cm³/mol. The quantitative estimate of drug-likeness (QED) is 0.148. The van der Waals surface area contributed by atoms with Crippen LogP contribution in [0.15, 0.2) is 59.7 Å². The molecule has 0 N–H and O–H groups in total. The van der Waals surface area contributed by atoms with E-state index >= 15 is 0 Å². The Morgan fingerprint density at radius 1 is 0.676 bits per heavy atom. The summed E-state index contributed by atoms with van der Waals surface area (Å²) in [6.45, 7) is 8.84. The van der Waals surface area contributed by atoms with E-state index in [1.54, 1.807) is 0 Å². The van der Waals surface area contributed by atoms with Crippen LogP contribution in [0.5, 0.6) is 0 Å². The number of hydrogen-bond acceptors (Lipinski definition) is 0. The summed E-state index contributed by atoms with van der Waals surface area (Å²) in [4.78, 5) is 0. The zero-order chi connectivity index (χ0) is 23.6. The Bertz CT molecular complexity index is 998. The van der Waals surface area contributed by atoms with Crippen molar-refractivity contribution in [1.29, 1.82) is 0 Å². The molecule has 1 heterocycles. The Labute approximate surface area is 218 Å². The molecule has 0 spiro atoms. The van der Waals surface area contributed by atoms with Gasteiger partial charge in [-0.15, -0.1) is 0 Å².